The number of ether oxygens (including phenoxy) is 2. The topological polar surface area (TPSA) is 296 Å². The third-order valence-electron chi connectivity index (χ3n) is 7.76. The molecule has 258 valence electrons. The molecular weight excluding hydrogens is 641 g/mol. The normalized spacial score (nSPS) is 25.6. The number of unbranched alkanes of at least 4 members (excludes halogenated alkanes) is 3. The van der Waals surface area contributed by atoms with Crippen LogP contribution in [-0.2, 0) is 23.1 Å². The monoisotopic (exact) mass is 681 g/mol. The largest absolute Gasteiger partial charge is 0.472 e. The molecule has 3 aromatic rings. The van der Waals surface area contributed by atoms with Crippen LogP contribution in [0.4, 0.5) is 11.6 Å². The molecule has 2 saturated heterocycles. The predicted molar refractivity (Wildman–Crippen MR) is 167 cm³/mol. The molecule has 5 rings (SSSR count). The van der Waals surface area contributed by atoms with Crippen LogP contribution >= 0.6 is 7.82 Å². The number of aliphatic hydroxyl groups is 2. The van der Waals surface area contributed by atoms with E-state index in [9.17, 15) is 24.5 Å². The Labute approximate surface area is 268 Å². The summed E-state index contributed by atoms with van der Waals surface area (Å²) in [6, 6.07) is 1.61. The second kappa shape index (κ2) is 15.4. The first-order valence-corrected chi connectivity index (χ1v) is 16.6. The van der Waals surface area contributed by atoms with Gasteiger partial charge in [-0.2, -0.15) is 4.98 Å². The predicted octanol–water partition coefficient (Wildman–Crippen LogP) is -0.658. The number of aromatic nitrogens is 6. The molecule has 0 bridgehead atoms. The standard InChI is InChI=1S/C26H40N11O9P/c27-23-22-24(33-13-32-23)37(14-34-22)20-9-15(39)18(45-20)12-43-47(41,42)46-16-10-21(44-17(16)11-38)36-8-5-19(35-26(36)40)30-6-3-1-2-4-7-31-25(28)29/h5,8,13-18,20-21,38-39H,1-4,6-7,9-12H2,(H,41,42)(H2,27,32,33)(H4,28,29,31)(H,30,35,40)/t15-,16-,17+,18+,20+,21+/m0/s1. The zero-order valence-corrected chi connectivity index (χ0v) is 26.3. The average Bonchev–Trinajstić information content (AvgIpc) is 3.74. The van der Waals surface area contributed by atoms with Gasteiger partial charge in [-0.1, -0.05) is 12.8 Å². The van der Waals surface area contributed by atoms with E-state index in [0.717, 1.165) is 25.7 Å². The van der Waals surface area contributed by atoms with Crippen molar-refractivity contribution in [3.05, 3.63) is 35.4 Å². The van der Waals surface area contributed by atoms with Gasteiger partial charge in [0, 0.05) is 32.1 Å². The summed E-state index contributed by atoms with van der Waals surface area (Å²) in [5.41, 5.74) is 16.6. The number of hydrogen-bond donors (Lipinski definition) is 7. The van der Waals surface area contributed by atoms with Crippen molar-refractivity contribution in [2.45, 2.75) is 75.4 Å². The van der Waals surface area contributed by atoms with Gasteiger partial charge in [-0.25, -0.2) is 24.3 Å². The molecule has 47 heavy (non-hydrogen) atoms. The van der Waals surface area contributed by atoms with E-state index in [2.05, 4.69) is 30.2 Å². The van der Waals surface area contributed by atoms with Crippen LogP contribution in [0, 0.1) is 0 Å². The molecular formula is C26H40N11O9P. The number of imidazole rings is 1. The van der Waals surface area contributed by atoms with Gasteiger partial charge in [-0.15, -0.1) is 0 Å². The van der Waals surface area contributed by atoms with Gasteiger partial charge in [0.25, 0.3) is 0 Å². The number of nitrogen functional groups attached to an aromatic ring is 1. The van der Waals surface area contributed by atoms with Gasteiger partial charge in [-0.05, 0) is 18.9 Å². The van der Waals surface area contributed by atoms with Crippen molar-refractivity contribution in [2.75, 3.05) is 37.4 Å². The van der Waals surface area contributed by atoms with Crippen LogP contribution in [0.15, 0.2) is 34.7 Å². The van der Waals surface area contributed by atoms with Gasteiger partial charge < -0.3 is 47.1 Å². The minimum atomic E-state index is -4.73. The van der Waals surface area contributed by atoms with Crippen molar-refractivity contribution in [1.82, 2.24) is 29.1 Å². The molecule has 7 atom stereocenters. The Bertz CT molecular complexity index is 1640. The number of aliphatic hydroxyl groups excluding tert-OH is 2. The summed E-state index contributed by atoms with van der Waals surface area (Å²) >= 11 is 0. The highest BCUT2D eigenvalue weighted by Gasteiger charge is 2.43. The quantitative estimate of drug-likeness (QED) is 0.0427. The van der Waals surface area contributed by atoms with Crippen LogP contribution in [-0.4, -0.2) is 101 Å². The molecule has 1 unspecified atom stereocenters. The zero-order chi connectivity index (χ0) is 33.6. The number of nitrogens with two attached hydrogens (primary N) is 3. The van der Waals surface area contributed by atoms with Crippen LogP contribution in [0.1, 0.15) is 51.0 Å². The van der Waals surface area contributed by atoms with E-state index >= 15 is 0 Å². The Hall–Kier alpha value is -3.75. The van der Waals surface area contributed by atoms with Crippen molar-refractivity contribution in [3.8, 4) is 0 Å². The Kier molecular flexibility index (Phi) is 11.4. The minimum absolute atomic E-state index is 0.0450. The van der Waals surface area contributed by atoms with E-state index < -0.39 is 63.6 Å². The van der Waals surface area contributed by atoms with Gasteiger partial charge in [0.15, 0.2) is 17.4 Å². The number of rotatable bonds is 16. The number of hydrogen-bond acceptors (Lipinski definition) is 15. The smallest absolute Gasteiger partial charge is 0.394 e. The summed E-state index contributed by atoms with van der Waals surface area (Å²) in [6.45, 7) is 0.171. The fourth-order valence-electron chi connectivity index (χ4n) is 5.38. The number of phosphoric ester groups is 1. The Balaban J connectivity index is 1.10. The summed E-state index contributed by atoms with van der Waals surface area (Å²) < 4.78 is 37.8. The minimum Gasteiger partial charge on any atom is -0.394 e. The van der Waals surface area contributed by atoms with Crippen LogP contribution < -0.4 is 28.2 Å². The Morgan fingerprint density at radius 1 is 1.11 bits per heavy atom. The molecule has 5 heterocycles. The third kappa shape index (κ3) is 8.79. The van der Waals surface area contributed by atoms with Crippen molar-refractivity contribution < 1.29 is 38.2 Å². The fourth-order valence-corrected chi connectivity index (χ4v) is 6.34. The van der Waals surface area contributed by atoms with Crippen LogP contribution in [0.5, 0.6) is 0 Å². The molecule has 3 aromatic heterocycles. The number of nitrogens with one attached hydrogen (secondary N) is 1. The lowest BCUT2D eigenvalue weighted by Crippen LogP contribution is -2.29. The molecule has 2 fully saturated rings. The molecule has 0 radical (unpaired) electrons. The lowest BCUT2D eigenvalue weighted by Gasteiger charge is -2.21. The average molecular weight is 682 g/mol. The lowest BCUT2D eigenvalue weighted by molar-refractivity contribution is -0.0564. The van der Waals surface area contributed by atoms with E-state index in [0.29, 0.717) is 30.1 Å². The first-order valence-electron chi connectivity index (χ1n) is 15.1. The van der Waals surface area contributed by atoms with Gasteiger partial charge in [0.05, 0.1) is 25.6 Å². The second-order valence-corrected chi connectivity index (χ2v) is 12.5. The Morgan fingerprint density at radius 3 is 2.64 bits per heavy atom. The summed E-state index contributed by atoms with van der Waals surface area (Å²) in [6.07, 6.45) is 2.20. The fraction of sp³-hybridized carbons (Fsp3) is 0.615. The van der Waals surface area contributed by atoms with Crippen LogP contribution in [0.2, 0.25) is 0 Å². The van der Waals surface area contributed by atoms with E-state index in [4.69, 9.17) is 35.7 Å². The maximum atomic E-state index is 12.9. The highest BCUT2D eigenvalue weighted by molar-refractivity contribution is 7.47. The van der Waals surface area contributed by atoms with Crippen molar-refractivity contribution in [1.29, 1.82) is 0 Å². The maximum Gasteiger partial charge on any atom is 0.472 e. The molecule has 2 aliphatic rings. The molecule has 0 amide bonds. The third-order valence-corrected chi connectivity index (χ3v) is 8.77. The van der Waals surface area contributed by atoms with E-state index in [1.54, 1.807) is 10.6 Å². The van der Waals surface area contributed by atoms with Crippen molar-refractivity contribution >= 4 is 36.6 Å². The van der Waals surface area contributed by atoms with E-state index in [1.807, 2.05) is 0 Å². The SMILES string of the molecule is NC(N)=NCCCCCCNc1ccn([C@H]2C[C@H](OP(=O)(O)OC[C@H]3O[C@@H](n4cnc5c(N)ncnc54)C[C@@H]3O)[C@@H](CO)O2)c(=O)n1. The number of phosphoric acid groups is 1. The first kappa shape index (κ1) is 34.6. The molecule has 20 nitrogen and oxygen atoms in total. The zero-order valence-electron chi connectivity index (χ0n) is 25.4. The molecule has 0 spiro atoms. The van der Waals surface area contributed by atoms with Gasteiger partial charge in [0.1, 0.15) is 48.4 Å². The van der Waals surface area contributed by atoms with Crippen LogP contribution in [0.3, 0.4) is 0 Å². The molecule has 0 aromatic carbocycles. The van der Waals surface area contributed by atoms with Gasteiger partial charge >= 0.3 is 13.5 Å². The maximum absolute atomic E-state index is 12.9. The highest BCUT2D eigenvalue weighted by Crippen LogP contribution is 2.49. The summed E-state index contributed by atoms with van der Waals surface area (Å²) in [7, 11) is -4.73. The van der Waals surface area contributed by atoms with Gasteiger partial charge in [-0.3, -0.25) is 23.2 Å². The van der Waals surface area contributed by atoms with Crippen molar-refractivity contribution in [3.63, 3.8) is 0 Å². The lowest BCUT2D eigenvalue weighted by atomic mass is 10.2. The molecule has 2 aliphatic heterocycles. The molecule has 10 N–H and O–H groups in total. The summed E-state index contributed by atoms with van der Waals surface area (Å²) in [4.78, 5) is 43.5. The van der Waals surface area contributed by atoms with Gasteiger partial charge in [0.2, 0.25) is 0 Å². The van der Waals surface area contributed by atoms with Crippen LogP contribution in [0.25, 0.3) is 11.2 Å². The second-order valence-electron chi connectivity index (χ2n) is 11.1. The summed E-state index contributed by atoms with van der Waals surface area (Å²) in [5.74, 6) is 0.663. The van der Waals surface area contributed by atoms with E-state index in [1.165, 1.54) is 23.4 Å². The number of nitrogens with zero attached hydrogens (tertiary/aromatic N) is 7. The number of guanidine groups is 1. The van der Waals surface area contributed by atoms with Crippen molar-refractivity contribution in [2.24, 2.45) is 16.5 Å². The molecule has 0 aliphatic carbocycles. The summed E-state index contributed by atoms with van der Waals surface area (Å²) in [5, 5.41) is 23.5. The van der Waals surface area contributed by atoms with E-state index in [-0.39, 0.29) is 24.6 Å². The Morgan fingerprint density at radius 2 is 1.87 bits per heavy atom. The number of anilines is 2. The first-order chi connectivity index (χ1) is 22.5. The molecule has 21 heteroatoms. The number of fused-ring (bicyclic) bond motifs is 1. The molecule has 0 saturated carbocycles. The number of aliphatic imine (C=N–C) groups is 1. The highest BCUT2D eigenvalue weighted by atomic mass is 31.2.